The van der Waals surface area contributed by atoms with Gasteiger partial charge in [0, 0.05) is 29.7 Å². The van der Waals surface area contributed by atoms with Crippen LogP contribution in [0.5, 0.6) is 17.4 Å². The summed E-state index contributed by atoms with van der Waals surface area (Å²) in [5.41, 5.74) is 2.73. The Hall–Kier alpha value is -3.22. The van der Waals surface area contributed by atoms with Gasteiger partial charge in [-0.05, 0) is 37.5 Å². The molecule has 0 unspecified atom stereocenters. The summed E-state index contributed by atoms with van der Waals surface area (Å²) < 4.78 is 25.7. The van der Waals surface area contributed by atoms with E-state index in [1.807, 2.05) is 25.4 Å². The number of aromatic nitrogens is 2. The number of nitrogens with zero attached hydrogens (tertiary/aromatic N) is 2. The molecule has 7 heteroatoms. The predicted octanol–water partition coefficient (Wildman–Crippen LogP) is 6.56. The maximum atomic E-state index is 13.2. The first-order chi connectivity index (χ1) is 17.0. The van der Waals surface area contributed by atoms with Crippen LogP contribution in [0.4, 0.5) is 0 Å². The average molecular weight is 483 g/mol. The fourth-order valence-corrected chi connectivity index (χ4v) is 3.78. The van der Waals surface area contributed by atoms with E-state index < -0.39 is 5.97 Å². The number of hydrogen-bond donors (Lipinski definition) is 0. The van der Waals surface area contributed by atoms with Gasteiger partial charge in [-0.2, -0.15) is 0 Å². The zero-order valence-corrected chi connectivity index (χ0v) is 21.7. The van der Waals surface area contributed by atoms with Crippen LogP contribution in [0.3, 0.4) is 0 Å². The standard InChI is InChI=1S/C28H38N2O5/c1-6-9-16-33-25-23(28(31)35-18-11-8-3)27(34-17-10-7-2)29-24(26(25)32-5)21-12-13-22-20(19-21)14-15-30(22)4/h12-15,19H,6-11,16-18H2,1-5H3. The van der Waals surface area contributed by atoms with Gasteiger partial charge >= 0.3 is 5.97 Å². The molecule has 2 heterocycles. The van der Waals surface area contributed by atoms with E-state index >= 15 is 0 Å². The van der Waals surface area contributed by atoms with Crippen molar-refractivity contribution in [1.29, 1.82) is 0 Å². The number of carbonyl (C=O) groups excluding carboxylic acids is 1. The fraction of sp³-hybridized carbons (Fsp3) is 0.500. The summed E-state index contributed by atoms with van der Waals surface area (Å²) in [4.78, 5) is 18.0. The van der Waals surface area contributed by atoms with Crippen LogP contribution in [0.15, 0.2) is 30.5 Å². The van der Waals surface area contributed by atoms with Gasteiger partial charge in [-0.3, -0.25) is 0 Å². The number of fused-ring (bicyclic) bond motifs is 1. The SMILES string of the molecule is CCCCOC(=O)c1c(OCCCC)nc(-c2ccc3c(ccn3C)c2)c(OC)c1OCCCC. The van der Waals surface area contributed by atoms with E-state index in [1.54, 1.807) is 7.11 Å². The van der Waals surface area contributed by atoms with Crippen molar-refractivity contribution in [2.24, 2.45) is 7.05 Å². The molecule has 0 aliphatic heterocycles. The highest BCUT2D eigenvalue weighted by Crippen LogP contribution is 2.44. The Labute approximate surface area is 208 Å². The number of ether oxygens (including phenoxy) is 4. The van der Waals surface area contributed by atoms with Crippen LogP contribution in [-0.4, -0.2) is 42.5 Å². The molecule has 1 aromatic carbocycles. The maximum Gasteiger partial charge on any atom is 0.347 e. The van der Waals surface area contributed by atoms with Crippen molar-refractivity contribution in [1.82, 2.24) is 9.55 Å². The molecule has 3 rings (SSSR count). The minimum atomic E-state index is -0.507. The van der Waals surface area contributed by atoms with E-state index in [0.29, 0.717) is 37.0 Å². The summed E-state index contributed by atoms with van der Waals surface area (Å²) in [6.07, 6.45) is 7.33. The van der Waals surface area contributed by atoms with Gasteiger partial charge in [-0.1, -0.05) is 46.1 Å². The van der Waals surface area contributed by atoms with Gasteiger partial charge in [0.15, 0.2) is 17.1 Å². The van der Waals surface area contributed by atoms with Crippen molar-refractivity contribution in [2.45, 2.75) is 59.3 Å². The zero-order valence-electron chi connectivity index (χ0n) is 21.7. The van der Waals surface area contributed by atoms with Crippen LogP contribution in [0.1, 0.15) is 69.7 Å². The Kier molecular flexibility index (Phi) is 9.82. The number of hydrogen-bond acceptors (Lipinski definition) is 6. The predicted molar refractivity (Wildman–Crippen MR) is 139 cm³/mol. The molecule has 0 saturated carbocycles. The summed E-state index contributed by atoms with van der Waals surface area (Å²) >= 11 is 0. The van der Waals surface area contributed by atoms with E-state index in [2.05, 4.69) is 37.5 Å². The number of benzene rings is 1. The number of aryl methyl sites for hydroxylation is 1. The summed E-state index contributed by atoms with van der Waals surface area (Å²) in [6, 6.07) is 8.17. The maximum absolute atomic E-state index is 13.2. The van der Waals surface area contributed by atoms with E-state index in [1.165, 1.54) is 0 Å². The van der Waals surface area contributed by atoms with Crippen LogP contribution in [-0.2, 0) is 11.8 Å². The second kappa shape index (κ2) is 13.0. The van der Waals surface area contributed by atoms with Crippen LogP contribution in [0, 0.1) is 0 Å². The molecule has 0 radical (unpaired) electrons. The Morgan fingerprint density at radius 2 is 1.60 bits per heavy atom. The van der Waals surface area contributed by atoms with E-state index in [-0.39, 0.29) is 11.4 Å². The van der Waals surface area contributed by atoms with Crippen LogP contribution < -0.4 is 14.2 Å². The summed E-state index contributed by atoms with van der Waals surface area (Å²) in [7, 11) is 3.58. The Balaban J connectivity index is 2.18. The lowest BCUT2D eigenvalue weighted by Crippen LogP contribution is -2.15. The van der Waals surface area contributed by atoms with Gasteiger partial charge in [-0.15, -0.1) is 0 Å². The summed E-state index contributed by atoms with van der Waals surface area (Å²) in [5.74, 6) is 0.441. The van der Waals surface area contributed by atoms with E-state index in [4.69, 9.17) is 23.9 Å². The summed E-state index contributed by atoms with van der Waals surface area (Å²) in [6.45, 7) is 7.44. The second-order valence-electron chi connectivity index (χ2n) is 8.60. The Morgan fingerprint density at radius 1 is 0.914 bits per heavy atom. The van der Waals surface area contributed by atoms with Crippen molar-refractivity contribution >= 4 is 16.9 Å². The molecule has 0 fully saturated rings. The first-order valence-corrected chi connectivity index (χ1v) is 12.7. The molecule has 0 saturated heterocycles. The topological polar surface area (TPSA) is 71.8 Å². The van der Waals surface area contributed by atoms with Crippen molar-refractivity contribution in [3.8, 4) is 28.6 Å². The highest BCUT2D eigenvalue weighted by atomic mass is 16.5. The molecule has 0 aliphatic carbocycles. The van der Waals surface area contributed by atoms with Gasteiger partial charge in [0.05, 0.1) is 26.9 Å². The molecule has 0 spiro atoms. The van der Waals surface area contributed by atoms with E-state index in [9.17, 15) is 4.79 Å². The number of carbonyl (C=O) groups is 1. The third kappa shape index (κ3) is 6.27. The van der Waals surface area contributed by atoms with Crippen molar-refractivity contribution in [3.63, 3.8) is 0 Å². The highest BCUT2D eigenvalue weighted by molar-refractivity contribution is 5.98. The zero-order chi connectivity index (χ0) is 25.2. The van der Waals surface area contributed by atoms with Crippen molar-refractivity contribution in [2.75, 3.05) is 26.9 Å². The summed E-state index contributed by atoms with van der Waals surface area (Å²) in [5, 5.41) is 1.08. The minimum absolute atomic E-state index is 0.190. The van der Waals surface area contributed by atoms with Gasteiger partial charge in [0.1, 0.15) is 5.69 Å². The van der Waals surface area contributed by atoms with Crippen molar-refractivity contribution < 1.29 is 23.7 Å². The molecule has 0 amide bonds. The third-order valence-corrected chi connectivity index (χ3v) is 5.85. The van der Waals surface area contributed by atoms with Crippen LogP contribution >= 0.6 is 0 Å². The molecule has 35 heavy (non-hydrogen) atoms. The lowest BCUT2D eigenvalue weighted by Gasteiger charge is -2.20. The Bertz CT molecular complexity index is 1120. The molecule has 0 aliphatic rings. The van der Waals surface area contributed by atoms with Crippen LogP contribution in [0.2, 0.25) is 0 Å². The largest absolute Gasteiger partial charge is 0.491 e. The molecule has 0 atom stereocenters. The third-order valence-electron chi connectivity index (χ3n) is 5.85. The first kappa shape index (κ1) is 26.4. The number of esters is 1. The van der Waals surface area contributed by atoms with E-state index in [0.717, 1.165) is 55.0 Å². The smallest absolute Gasteiger partial charge is 0.347 e. The molecular formula is C28H38N2O5. The number of pyridine rings is 1. The molecule has 0 N–H and O–H groups in total. The normalized spacial score (nSPS) is 11.0. The molecular weight excluding hydrogens is 444 g/mol. The van der Waals surface area contributed by atoms with Crippen molar-refractivity contribution in [3.05, 3.63) is 36.0 Å². The number of methoxy groups -OCH3 is 1. The first-order valence-electron chi connectivity index (χ1n) is 12.7. The number of unbranched alkanes of at least 4 members (excludes halogenated alkanes) is 3. The minimum Gasteiger partial charge on any atom is -0.491 e. The van der Waals surface area contributed by atoms with Crippen LogP contribution in [0.25, 0.3) is 22.2 Å². The second-order valence-corrected chi connectivity index (χ2v) is 8.60. The number of rotatable bonds is 14. The van der Waals surface area contributed by atoms with Gasteiger partial charge in [-0.25, -0.2) is 9.78 Å². The molecule has 190 valence electrons. The molecule has 7 nitrogen and oxygen atoms in total. The monoisotopic (exact) mass is 482 g/mol. The van der Waals surface area contributed by atoms with Gasteiger partial charge in [0.2, 0.25) is 5.88 Å². The molecule has 3 aromatic rings. The Morgan fingerprint density at radius 3 is 2.29 bits per heavy atom. The quantitative estimate of drug-likeness (QED) is 0.191. The molecule has 0 bridgehead atoms. The average Bonchev–Trinajstić information content (AvgIpc) is 3.24. The fourth-order valence-electron chi connectivity index (χ4n) is 3.78. The lowest BCUT2D eigenvalue weighted by atomic mass is 10.1. The highest BCUT2D eigenvalue weighted by Gasteiger charge is 2.30. The lowest BCUT2D eigenvalue weighted by molar-refractivity contribution is 0.0488. The van der Waals surface area contributed by atoms with Gasteiger partial charge in [0.25, 0.3) is 0 Å². The van der Waals surface area contributed by atoms with Gasteiger partial charge < -0.3 is 23.5 Å². The molecule has 2 aromatic heterocycles.